The molecule has 1 aromatic heterocycles. The lowest BCUT2D eigenvalue weighted by molar-refractivity contribution is 0.102. The van der Waals surface area contributed by atoms with Crippen molar-refractivity contribution in [3.63, 3.8) is 0 Å². The topological polar surface area (TPSA) is 96.1 Å². The Hall–Kier alpha value is -3.78. The van der Waals surface area contributed by atoms with Crippen LogP contribution in [0.4, 0.5) is 11.4 Å². The van der Waals surface area contributed by atoms with Crippen LogP contribution in [0.1, 0.15) is 10.4 Å². The summed E-state index contributed by atoms with van der Waals surface area (Å²) in [6.45, 7) is 0. The summed E-state index contributed by atoms with van der Waals surface area (Å²) in [5.41, 5.74) is 4.80. The molecule has 1 heterocycles. The molecule has 0 atom stereocenters. The molecule has 0 fully saturated rings. The first-order valence-electron chi connectivity index (χ1n) is 9.30. The minimum absolute atomic E-state index is 0.0503. The number of halogens is 1. The summed E-state index contributed by atoms with van der Waals surface area (Å²) < 4.78 is 12.1. The normalized spacial score (nSPS) is 11.4. The number of phenols is 1. The highest BCUT2D eigenvalue weighted by Gasteiger charge is 2.15. The summed E-state index contributed by atoms with van der Waals surface area (Å²) in [7, 11) is 1.53. The van der Waals surface area contributed by atoms with Crippen LogP contribution in [0, 0.1) is 0 Å². The van der Waals surface area contributed by atoms with Crippen LogP contribution in [-0.2, 0) is 0 Å². The van der Waals surface area contributed by atoms with Gasteiger partial charge in [-0.15, -0.1) is 5.10 Å². The first-order valence-corrected chi connectivity index (χ1v) is 10.1. The summed E-state index contributed by atoms with van der Waals surface area (Å²) in [4.78, 5) is 13.1. The fourth-order valence-electron chi connectivity index (χ4n) is 2.93. The van der Waals surface area contributed by atoms with Crippen LogP contribution in [0.15, 0.2) is 86.8 Å². The lowest BCUT2D eigenvalue weighted by atomic mass is 10.1. The molecule has 31 heavy (non-hydrogen) atoms. The molecule has 0 saturated carbocycles. The number of rotatable bonds is 5. The van der Waals surface area contributed by atoms with Crippen molar-refractivity contribution in [1.82, 2.24) is 0 Å². The van der Waals surface area contributed by atoms with Crippen LogP contribution in [0.5, 0.6) is 11.5 Å². The summed E-state index contributed by atoms with van der Waals surface area (Å²) in [6, 6.07) is 20.8. The van der Waals surface area contributed by atoms with Gasteiger partial charge in [0.15, 0.2) is 0 Å². The Kier molecular flexibility index (Phi) is 5.90. The third-order valence-corrected chi connectivity index (χ3v) is 4.99. The number of anilines is 2. The average molecular weight is 480 g/mol. The fourth-order valence-corrected chi connectivity index (χ4v) is 3.19. The molecule has 0 spiro atoms. The molecule has 0 aliphatic carbocycles. The molecule has 3 aromatic carbocycles. The van der Waals surface area contributed by atoms with E-state index in [9.17, 15) is 9.90 Å². The van der Waals surface area contributed by atoms with Crippen molar-refractivity contribution >= 4 is 44.2 Å². The van der Waals surface area contributed by atoms with Crippen LogP contribution >= 0.6 is 15.9 Å². The number of phenolic OH excluding ortho intramolecular Hbond substituents is 1. The second kappa shape index (κ2) is 8.93. The molecular weight excluding hydrogens is 462 g/mol. The molecule has 1 amide bonds. The number of para-hydroxylation sites is 2. The first kappa shape index (κ1) is 20.5. The van der Waals surface area contributed by atoms with Gasteiger partial charge in [-0.3, -0.25) is 10.2 Å². The molecule has 0 bridgehead atoms. The molecule has 0 unspecified atom stereocenters. The van der Waals surface area contributed by atoms with Crippen molar-refractivity contribution in [2.45, 2.75) is 0 Å². The van der Waals surface area contributed by atoms with Gasteiger partial charge in [0.25, 0.3) is 5.91 Å². The van der Waals surface area contributed by atoms with Crippen LogP contribution in [0.2, 0.25) is 0 Å². The van der Waals surface area contributed by atoms with Crippen LogP contribution in [0.3, 0.4) is 0 Å². The average Bonchev–Trinajstić information content (AvgIpc) is 2.78. The number of hydrogen-bond acceptors (Lipinski definition) is 6. The van der Waals surface area contributed by atoms with Gasteiger partial charge in [0.05, 0.1) is 18.5 Å². The van der Waals surface area contributed by atoms with Crippen LogP contribution in [0.25, 0.3) is 11.0 Å². The van der Waals surface area contributed by atoms with Crippen LogP contribution in [-0.4, -0.2) is 18.1 Å². The van der Waals surface area contributed by atoms with E-state index in [-0.39, 0.29) is 16.9 Å². The van der Waals surface area contributed by atoms with Crippen molar-refractivity contribution < 1.29 is 19.1 Å². The smallest absolute Gasteiger partial charge is 0.261 e. The van der Waals surface area contributed by atoms with Gasteiger partial charge in [-0.1, -0.05) is 28.1 Å². The Balaban J connectivity index is 1.77. The van der Waals surface area contributed by atoms with E-state index >= 15 is 0 Å². The number of aromatic hydroxyl groups is 1. The number of nitrogens with one attached hydrogen (secondary N) is 2. The maximum atomic E-state index is 13.1. The van der Waals surface area contributed by atoms with Gasteiger partial charge in [0, 0.05) is 15.9 Å². The Bertz CT molecular complexity index is 1320. The number of amides is 1. The highest BCUT2D eigenvalue weighted by atomic mass is 79.9. The van der Waals surface area contributed by atoms with E-state index < -0.39 is 5.91 Å². The lowest BCUT2D eigenvalue weighted by Gasteiger charge is -2.10. The van der Waals surface area contributed by atoms with E-state index in [4.69, 9.17) is 9.15 Å². The van der Waals surface area contributed by atoms with E-state index in [0.717, 1.165) is 4.47 Å². The third-order valence-electron chi connectivity index (χ3n) is 4.46. The SMILES string of the molecule is COc1ccccc1NC(=O)c1cc2ccc(O)cc2o/c1=N\Nc1ccc(Br)cc1. The molecule has 0 saturated heterocycles. The second-order valence-electron chi connectivity index (χ2n) is 6.57. The Morgan fingerprint density at radius 3 is 2.61 bits per heavy atom. The highest BCUT2D eigenvalue weighted by Crippen LogP contribution is 2.24. The molecular formula is C23H18BrN3O4. The Morgan fingerprint density at radius 2 is 1.84 bits per heavy atom. The number of benzene rings is 3. The van der Waals surface area contributed by atoms with Gasteiger partial charge in [-0.25, -0.2) is 0 Å². The molecule has 8 heteroatoms. The largest absolute Gasteiger partial charge is 0.508 e. The molecule has 0 radical (unpaired) electrons. The molecule has 3 N–H and O–H groups in total. The zero-order valence-corrected chi connectivity index (χ0v) is 18.0. The van der Waals surface area contributed by atoms with Gasteiger partial charge in [0.2, 0.25) is 5.55 Å². The molecule has 0 aliphatic rings. The predicted octanol–water partition coefficient (Wildman–Crippen LogP) is 5.09. The van der Waals surface area contributed by atoms with Crippen molar-refractivity contribution in [2.24, 2.45) is 5.10 Å². The molecule has 0 aliphatic heterocycles. The number of methoxy groups -OCH3 is 1. The second-order valence-corrected chi connectivity index (χ2v) is 7.49. The molecule has 4 rings (SSSR count). The predicted molar refractivity (Wildman–Crippen MR) is 122 cm³/mol. The first-order chi connectivity index (χ1) is 15.0. The van der Waals surface area contributed by atoms with E-state index in [0.29, 0.717) is 28.1 Å². The quantitative estimate of drug-likeness (QED) is 0.346. The molecule has 7 nitrogen and oxygen atoms in total. The minimum Gasteiger partial charge on any atom is -0.508 e. The number of carbonyl (C=O) groups excluding carboxylic acids is 1. The zero-order chi connectivity index (χ0) is 21.8. The number of fused-ring (bicyclic) bond motifs is 1. The molecule has 156 valence electrons. The van der Waals surface area contributed by atoms with Crippen molar-refractivity contribution in [3.8, 4) is 11.5 Å². The van der Waals surface area contributed by atoms with Gasteiger partial charge >= 0.3 is 0 Å². The minimum atomic E-state index is -0.417. The van der Waals surface area contributed by atoms with E-state index in [1.165, 1.54) is 19.2 Å². The zero-order valence-electron chi connectivity index (χ0n) is 16.4. The standard InChI is InChI=1S/C23H18BrN3O4/c1-30-20-5-3-2-4-19(20)25-22(29)18-12-14-6-11-17(28)13-21(14)31-23(18)27-26-16-9-7-15(24)8-10-16/h2-13,26,28H,1H3,(H,25,29)/b27-23-. The summed E-state index contributed by atoms with van der Waals surface area (Å²) in [5, 5.41) is 17.5. The van der Waals surface area contributed by atoms with E-state index in [2.05, 4.69) is 31.8 Å². The number of hydrogen-bond donors (Lipinski definition) is 3. The number of ether oxygens (including phenoxy) is 1. The van der Waals surface area contributed by atoms with Crippen LogP contribution < -0.4 is 21.0 Å². The summed E-state index contributed by atoms with van der Waals surface area (Å²) in [5.74, 6) is 0.166. The third kappa shape index (κ3) is 4.70. The van der Waals surface area contributed by atoms with Gasteiger partial charge in [0.1, 0.15) is 22.6 Å². The Labute approximate surface area is 186 Å². The lowest BCUT2D eigenvalue weighted by Crippen LogP contribution is -2.23. The highest BCUT2D eigenvalue weighted by molar-refractivity contribution is 9.10. The maximum absolute atomic E-state index is 13.1. The van der Waals surface area contributed by atoms with Gasteiger partial charge < -0.3 is 19.6 Å². The van der Waals surface area contributed by atoms with Crippen molar-refractivity contribution in [3.05, 3.63) is 88.4 Å². The monoisotopic (exact) mass is 479 g/mol. The number of carbonyl (C=O) groups is 1. The van der Waals surface area contributed by atoms with Gasteiger partial charge in [-0.05, 0) is 54.6 Å². The van der Waals surface area contributed by atoms with E-state index in [1.54, 1.807) is 30.3 Å². The molecule has 4 aromatic rings. The maximum Gasteiger partial charge on any atom is 0.261 e. The fraction of sp³-hybridized carbons (Fsp3) is 0.0435. The van der Waals surface area contributed by atoms with Gasteiger partial charge in [-0.2, -0.15) is 0 Å². The number of nitrogens with zero attached hydrogens (tertiary/aromatic N) is 1. The summed E-state index contributed by atoms with van der Waals surface area (Å²) in [6.07, 6.45) is 0. The van der Waals surface area contributed by atoms with E-state index in [1.807, 2.05) is 30.3 Å². The van der Waals surface area contributed by atoms with Crippen molar-refractivity contribution in [2.75, 3.05) is 17.9 Å². The van der Waals surface area contributed by atoms with Crippen molar-refractivity contribution in [1.29, 1.82) is 0 Å². The summed E-state index contributed by atoms with van der Waals surface area (Å²) >= 11 is 3.39. The Morgan fingerprint density at radius 1 is 1.06 bits per heavy atom.